The molecule has 3 heterocycles. The Morgan fingerprint density at radius 1 is 1.17 bits per heavy atom. The summed E-state index contributed by atoms with van der Waals surface area (Å²) in [5.74, 6) is 0.482. The monoisotopic (exact) mass is 418 g/mol. The number of carbonyl (C=O) groups excluding carboxylic acids is 1. The molecule has 0 bridgehead atoms. The normalized spacial score (nSPS) is 19.6. The molecule has 158 valence electrons. The fraction of sp³-hybridized carbons (Fsp3) is 0.400. The largest absolute Gasteiger partial charge is 0.434 e. The first-order chi connectivity index (χ1) is 14.3. The number of fused-ring (bicyclic) bond motifs is 1. The molecule has 30 heavy (non-hydrogen) atoms. The van der Waals surface area contributed by atoms with Crippen molar-refractivity contribution in [3.63, 3.8) is 0 Å². The second-order valence-electron chi connectivity index (χ2n) is 7.46. The zero-order chi connectivity index (χ0) is 21.3. The highest BCUT2D eigenvalue weighted by molar-refractivity contribution is 5.93. The number of carbonyl (C=O) groups is 1. The summed E-state index contributed by atoms with van der Waals surface area (Å²) in [7, 11) is 1.88. The van der Waals surface area contributed by atoms with E-state index in [4.69, 9.17) is 0 Å². The van der Waals surface area contributed by atoms with Gasteiger partial charge in [0, 0.05) is 25.3 Å². The van der Waals surface area contributed by atoms with E-state index < -0.39 is 11.9 Å². The minimum atomic E-state index is -4.48. The summed E-state index contributed by atoms with van der Waals surface area (Å²) < 4.78 is 40.6. The van der Waals surface area contributed by atoms with Crippen LogP contribution in [-0.4, -0.2) is 44.6 Å². The van der Waals surface area contributed by atoms with Gasteiger partial charge < -0.3 is 10.2 Å². The first kappa shape index (κ1) is 20.1. The van der Waals surface area contributed by atoms with Crippen molar-refractivity contribution in [2.45, 2.75) is 43.9 Å². The predicted octanol–water partition coefficient (Wildman–Crippen LogP) is 3.32. The summed E-state index contributed by atoms with van der Waals surface area (Å²) in [4.78, 5) is 18.0. The van der Waals surface area contributed by atoms with Crippen LogP contribution in [0.25, 0.3) is 5.65 Å². The lowest BCUT2D eigenvalue weighted by Gasteiger charge is -2.36. The molecule has 1 N–H and O–H groups in total. The molecule has 3 aromatic heterocycles. The van der Waals surface area contributed by atoms with Gasteiger partial charge in [-0.1, -0.05) is 6.07 Å². The van der Waals surface area contributed by atoms with Gasteiger partial charge in [0.15, 0.2) is 5.69 Å². The highest BCUT2D eigenvalue weighted by Crippen LogP contribution is 2.31. The molecule has 0 spiro atoms. The lowest BCUT2D eigenvalue weighted by molar-refractivity contribution is -0.140. The molecule has 1 aliphatic carbocycles. The molecule has 1 saturated carbocycles. The van der Waals surface area contributed by atoms with Crippen molar-refractivity contribution in [3.05, 3.63) is 54.1 Å². The topological polar surface area (TPSA) is 75.4 Å². The number of nitrogens with one attached hydrogen (secondary N) is 1. The number of rotatable bonds is 4. The predicted molar refractivity (Wildman–Crippen MR) is 104 cm³/mol. The van der Waals surface area contributed by atoms with E-state index in [0.717, 1.165) is 31.9 Å². The molecule has 10 heteroatoms. The third kappa shape index (κ3) is 4.07. The Balaban J connectivity index is 1.43. The van der Waals surface area contributed by atoms with Gasteiger partial charge in [0.25, 0.3) is 5.91 Å². The molecular formula is C20H21F3N6O. The van der Waals surface area contributed by atoms with Crippen molar-refractivity contribution in [3.8, 4) is 0 Å². The van der Waals surface area contributed by atoms with E-state index in [1.54, 1.807) is 24.3 Å². The van der Waals surface area contributed by atoms with Crippen LogP contribution in [0, 0.1) is 0 Å². The molecule has 0 aromatic carbocycles. The Kier molecular flexibility index (Phi) is 5.31. The second-order valence-corrected chi connectivity index (χ2v) is 7.46. The minimum Gasteiger partial charge on any atom is -0.358 e. The first-order valence-electron chi connectivity index (χ1n) is 9.68. The van der Waals surface area contributed by atoms with Crippen molar-refractivity contribution in [2.24, 2.45) is 0 Å². The molecule has 0 radical (unpaired) electrons. The Morgan fingerprint density at radius 3 is 2.60 bits per heavy atom. The second kappa shape index (κ2) is 7.92. The lowest BCUT2D eigenvalue weighted by atomic mass is 9.90. The maximum Gasteiger partial charge on any atom is 0.434 e. The Morgan fingerprint density at radius 2 is 1.93 bits per heavy atom. The van der Waals surface area contributed by atoms with E-state index in [-0.39, 0.29) is 23.6 Å². The van der Waals surface area contributed by atoms with Crippen LogP contribution in [0.5, 0.6) is 0 Å². The van der Waals surface area contributed by atoms with E-state index in [1.807, 2.05) is 11.9 Å². The number of nitrogens with zero attached hydrogens (tertiary/aromatic N) is 5. The first-order valence-corrected chi connectivity index (χ1v) is 9.68. The maximum atomic E-state index is 13.1. The molecule has 0 unspecified atom stereocenters. The molecule has 0 saturated heterocycles. The third-order valence-corrected chi connectivity index (χ3v) is 5.55. The quantitative estimate of drug-likeness (QED) is 0.704. The smallest absolute Gasteiger partial charge is 0.358 e. The summed E-state index contributed by atoms with van der Waals surface area (Å²) in [5.41, 5.74) is -0.171. The third-order valence-electron chi connectivity index (χ3n) is 5.55. The number of anilines is 1. The van der Waals surface area contributed by atoms with Gasteiger partial charge in [-0.05, 0) is 43.9 Å². The van der Waals surface area contributed by atoms with Gasteiger partial charge in [-0.15, -0.1) is 0 Å². The van der Waals surface area contributed by atoms with Gasteiger partial charge in [0.1, 0.15) is 11.5 Å². The molecule has 0 atom stereocenters. The lowest BCUT2D eigenvalue weighted by Crippen LogP contribution is -2.43. The number of imidazole rings is 1. The summed E-state index contributed by atoms with van der Waals surface area (Å²) in [5, 5.41) is 10.4. The highest BCUT2D eigenvalue weighted by atomic mass is 19.4. The Bertz CT molecular complexity index is 1030. The average Bonchev–Trinajstić information content (AvgIpc) is 3.19. The van der Waals surface area contributed by atoms with Gasteiger partial charge in [-0.3, -0.25) is 9.20 Å². The molecule has 1 amide bonds. The SMILES string of the molecule is CN(c1cccc2nc(C(F)(F)F)cn12)[C@H]1CC[C@@H](NC(=O)c2ccnnc2)CC1. The van der Waals surface area contributed by atoms with E-state index in [1.165, 1.54) is 16.8 Å². The summed E-state index contributed by atoms with van der Waals surface area (Å²) in [6, 6.07) is 6.89. The van der Waals surface area contributed by atoms with Crippen molar-refractivity contribution in [1.82, 2.24) is 24.9 Å². The van der Waals surface area contributed by atoms with Crippen LogP contribution in [0.15, 0.2) is 42.9 Å². The average molecular weight is 418 g/mol. The maximum absolute atomic E-state index is 13.1. The van der Waals surface area contributed by atoms with Gasteiger partial charge in [-0.2, -0.15) is 23.4 Å². The van der Waals surface area contributed by atoms with Crippen LogP contribution >= 0.6 is 0 Å². The van der Waals surface area contributed by atoms with Crippen LogP contribution in [0.3, 0.4) is 0 Å². The number of pyridine rings is 1. The van der Waals surface area contributed by atoms with Crippen LogP contribution in [-0.2, 0) is 6.18 Å². The fourth-order valence-electron chi connectivity index (χ4n) is 3.91. The molecular weight excluding hydrogens is 397 g/mol. The molecule has 1 aliphatic rings. The fourth-order valence-corrected chi connectivity index (χ4v) is 3.91. The van der Waals surface area contributed by atoms with Gasteiger partial charge in [0.05, 0.1) is 18.0 Å². The number of halogens is 3. The molecule has 0 aliphatic heterocycles. The standard InChI is InChI=1S/C20H21F3N6O/c1-28(18-4-2-3-17-27-16(12-29(17)18)20(21,22)23)15-7-5-14(6-8-15)26-19(30)13-9-10-24-25-11-13/h2-4,9-12,14-15H,5-8H2,1H3,(H,26,30)/t14-,15+. The van der Waals surface area contributed by atoms with E-state index >= 15 is 0 Å². The van der Waals surface area contributed by atoms with E-state index in [0.29, 0.717) is 11.4 Å². The number of aromatic nitrogens is 4. The molecule has 3 aromatic rings. The number of hydrogen-bond donors (Lipinski definition) is 1. The zero-order valence-electron chi connectivity index (χ0n) is 16.3. The molecule has 1 fully saturated rings. The van der Waals surface area contributed by atoms with Crippen LogP contribution in [0.1, 0.15) is 41.7 Å². The zero-order valence-corrected chi connectivity index (χ0v) is 16.3. The number of hydrogen-bond acceptors (Lipinski definition) is 5. The van der Waals surface area contributed by atoms with Crippen molar-refractivity contribution in [2.75, 3.05) is 11.9 Å². The van der Waals surface area contributed by atoms with Crippen molar-refractivity contribution in [1.29, 1.82) is 0 Å². The van der Waals surface area contributed by atoms with Crippen molar-refractivity contribution < 1.29 is 18.0 Å². The van der Waals surface area contributed by atoms with Crippen LogP contribution in [0.4, 0.5) is 19.0 Å². The van der Waals surface area contributed by atoms with Gasteiger partial charge in [-0.25, -0.2) is 4.98 Å². The van der Waals surface area contributed by atoms with Crippen molar-refractivity contribution >= 4 is 17.4 Å². The van der Waals surface area contributed by atoms with Crippen LogP contribution < -0.4 is 10.2 Å². The van der Waals surface area contributed by atoms with E-state index in [2.05, 4.69) is 20.5 Å². The summed E-state index contributed by atoms with van der Waals surface area (Å²) in [6.07, 6.45) is 2.65. The molecule has 4 rings (SSSR count). The summed E-state index contributed by atoms with van der Waals surface area (Å²) in [6.45, 7) is 0. The minimum absolute atomic E-state index is 0.0520. The van der Waals surface area contributed by atoms with E-state index in [9.17, 15) is 18.0 Å². The number of alkyl halides is 3. The van der Waals surface area contributed by atoms with Crippen LogP contribution in [0.2, 0.25) is 0 Å². The Hall–Kier alpha value is -3.17. The number of amides is 1. The molecule has 7 nitrogen and oxygen atoms in total. The Labute approximate surface area is 170 Å². The highest BCUT2D eigenvalue weighted by Gasteiger charge is 2.34. The van der Waals surface area contributed by atoms with Gasteiger partial charge >= 0.3 is 6.18 Å². The van der Waals surface area contributed by atoms with Gasteiger partial charge in [0.2, 0.25) is 0 Å². The summed E-state index contributed by atoms with van der Waals surface area (Å²) >= 11 is 0.